The SMILES string of the molecule is C#Cc1cccc(N(Cl)c2ncnc3cc(OCCOC)c(OCCOC)cc23)c1. The zero-order valence-electron chi connectivity index (χ0n) is 16.8. The molecule has 0 radical (unpaired) electrons. The van der Waals surface area contributed by atoms with Crippen molar-refractivity contribution in [2.45, 2.75) is 0 Å². The van der Waals surface area contributed by atoms with E-state index in [0.717, 1.165) is 0 Å². The highest BCUT2D eigenvalue weighted by Crippen LogP contribution is 2.38. The second-order valence-electron chi connectivity index (χ2n) is 6.17. The number of anilines is 2. The molecule has 7 nitrogen and oxygen atoms in total. The van der Waals surface area contributed by atoms with Gasteiger partial charge < -0.3 is 18.9 Å². The van der Waals surface area contributed by atoms with Crippen LogP contribution in [0.25, 0.3) is 10.9 Å². The summed E-state index contributed by atoms with van der Waals surface area (Å²) in [5.74, 6) is 4.19. The van der Waals surface area contributed by atoms with E-state index in [9.17, 15) is 0 Å². The van der Waals surface area contributed by atoms with Crippen molar-refractivity contribution in [1.29, 1.82) is 0 Å². The molecule has 1 aromatic heterocycles. The highest BCUT2D eigenvalue weighted by atomic mass is 35.5. The number of halogens is 1. The molecule has 0 saturated heterocycles. The summed E-state index contributed by atoms with van der Waals surface area (Å²) in [6.45, 7) is 1.63. The first kappa shape index (κ1) is 21.7. The zero-order chi connectivity index (χ0) is 21.3. The maximum Gasteiger partial charge on any atom is 0.163 e. The van der Waals surface area contributed by atoms with Crippen molar-refractivity contribution in [1.82, 2.24) is 9.97 Å². The highest BCUT2D eigenvalue weighted by molar-refractivity contribution is 6.30. The van der Waals surface area contributed by atoms with Crippen LogP contribution in [0.5, 0.6) is 11.5 Å². The molecular formula is C22H22ClN3O4. The molecule has 156 valence electrons. The van der Waals surface area contributed by atoms with Gasteiger partial charge in [-0.3, -0.25) is 0 Å². The zero-order valence-corrected chi connectivity index (χ0v) is 17.6. The van der Waals surface area contributed by atoms with E-state index in [4.69, 9.17) is 37.1 Å². The Balaban J connectivity index is 2.02. The molecule has 0 N–H and O–H groups in total. The van der Waals surface area contributed by atoms with Crippen LogP contribution in [0, 0.1) is 12.3 Å². The normalized spacial score (nSPS) is 10.6. The van der Waals surface area contributed by atoms with Gasteiger partial charge in [0.2, 0.25) is 0 Å². The molecule has 0 aliphatic heterocycles. The summed E-state index contributed by atoms with van der Waals surface area (Å²) >= 11 is 6.63. The molecule has 0 saturated carbocycles. The Morgan fingerprint density at radius 2 is 1.67 bits per heavy atom. The number of hydrogen-bond donors (Lipinski definition) is 0. The predicted octanol–water partition coefficient (Wildman–Crippen LogP) is 3.95. The number of terminal acetylenes is 1. The molecule has 1 heterocycles. The lowest BCUT2D eigenvalue weighted by molar-refractivity contribution is 0.132. The second-order valence-corrected chi connectivity index (χ2v) is 6.51. The molecule has 8 heteroatoms. The summed E-state index contributed by atoms with van der Waals surface area (Å²) in [4.78, 5) is 8.73. The van der Waals surface area contributed by atoms with Gasteiger partial charge >= 0.3 is 0 Å². The van der Waals surface area contributed by atoms with E-state index in [0.29, 0.717) is 65.9 Å². The molecule has 0 atom stereocenters. The van der Waals surface area contributed by atoms with Gasteiger partial charge in [-0.25, -0.2) is 14.4 Å². The van der Waals surface area contributed by atoms with E-state index in [1.165, 1.54) is 10.7 Å². The van der Waals surface area contributed by atoms with E-state index in [-0.39, 0.29) is 0 Å². The lowest BCUT2D eigenvalue weighted by atomic mass is 10.2. The third-order valence-corrected chi connectivity index (χ3v) is 4.55. The minimum atomic E-state index is 0.362. The number of methoxy groups -OCH3 is 2. The summed E-state index contributed by atoms with van der Waals surface area (Å²) in [5, 5.41) is 0.699. The van der Waals surface area contributed by atoms with Gasteiger partial charge in [0.15, 0.2) is 17.3 Å². The van der Waals surface area contributed by atoms with Crippen LogP contribution in [0.2, 0.25) is 0 Å². The first-order valence-corrected chi connectivity index (χ1v) is 9.56. The molecular weight excluding hydrogens is 406 g/mol. The summed E-state index contributed by atoms with van der Waals surface area (Å²) < 4.78 is 23.2. The summed E-state index contributed by atoms with van der Waals surface area (Å²) in [6.07, 6.45) is 6.95. The van der Waals surface area contributed by atoms with Crippen molar-refractivity contribution in [3.8, 4) is 23.8 Å². The first-order valence-electron chi connectivity index (χ1n) is 9.22. The Kier molecular flexibility index (Phi) is 7.69. The Bertz CT molecular complexity index is 1040. The Labute approximate surface area is 180 Å². The quantitative estimate of drug-likeness (QED) is 0.275. The molecule has 2 aromatic carbocycles. The van der Waals surface area contributed by atoms with Crippen molar-refractivity contribution in [3.05, 3.63) is 48.3 Å². The number of fused-ring (bicyclic) bond motifs is 1. The number of nitrogens with zero attached hydrogens (tertiary/aromatic N) is 3. The van der Waals surface area contributed by atoms with Crippen LogP contribution in [0.1, 0.15) is 5.56 Å². The molecule has 0 aliphatic carbocycles. The van der Waals surface area contributed by atoms with Gasteiger partial charge in [0, 0.05) is 43.0 Å². The molecule has 3 aromatic rings. The lowest BCUT2D eigenvalue weighted by Crippen LogP contribution is -2.10. The Morgan fingerprint density at radius 1 is 0.967 bits per heavy atom. The van der Waals surface area contributed by atoms with Crippen LogP contribution in [0.15, 0.2) is 42.7 Å². The average molecular weight is 428 g/mol. The molecule has 0 bridgehead atoms. The van der Waals surface area contributed by atoms with Crippen molar-refractivity contribution in [3.63, 3.8) is 0 Å². The molecule has 0 aliphatic rings. The largest absolute Gasteiger partial charge is 0.487 e. The lowest BCUT2D eigenvalue weighted by Gasteiger charge is -2.18. The summed E-state index contributed by atoms with van der Waals surface area (Å²) in [5.41, 5.74) is 2.06. The molecule has 0 fully saturated rings. The van der Waals surface area contributed by atoms with Crippen molar-refractivity contribution >= 4 is 34.2 Å². The minimum Gasteiger partial charge on any atom is -0.487 e. The molecule has 0 unspecified atom stereocenters. The fraction of sp³-hybridized carbons (Fsp3) is 0.273. The monoisotopic (exact) mass is 427 g/mol. The van der Waals surface area contributed by atoms with Gasteiger partial charge in [0.25, 0.3) is 0 Å². The maximum atomic E-state index is 6.63. The van der Waals surface area contributed by atoms with Crippen LogP contribution in [-0.4, -0.2) is 50.6 Å². The first-order chi connectivity index (χ1) is 14.7. The number of benzene rings is 2. The van der Waals surface area contributed by atoms with Crippen LogP contribution in [-0.2, 0) is 9.47 Å². The minimum absolute atomic E-state index is 0.362. The van der Waals surface area contributed by atoms with E-state index >= 15 is 0 Å². The van der Waals surface area contributed by atoms with E-state index in [1.807, 2.05) is 24.3 Å². The Morgan fingerprint density at radius 3 is 2.33 bits per heavy atom. The standard InChI is InChI=1S/C22H22ClN3O4/c1-4-16-6-5-7-17(12-16)26(23)22-18-13-20(29-10-8-27-2)21(30-11-9-28-3)14-19(18)24-15-25-22/h1,5-7,12-15H,8-11H2,2-3H3. The Hall–Kier alpha value is -3.05. The van der Waals surface area contributed by atoms with Crippen LogP contribution in [0.4, 0.5) is 11.5 Å². The highest BCUT2D eigenvalue weighted by Gasteiger charge is 2.17. The average Bonchev–Trinajstić information content (AvgIpc) is 2.78. The van der Waals surface area contributed by atoms with Gasteiger partial charge in [0.05, 0.1) is 24.4 Å². The molecule has 0 spiro atoms. The van der Waals surface area contributed by atoms with E-state index < -0.39 is 0 Å². The molecule has 30 heavy (non-hydrogen) atoms. The van der Waals surface area contributed by atoms with Gasteiger partial charge in [-0.1, -0.05) is 12.0 Å². The van der Waals surface area contributed by atoms with Crippen molar-refractivity contribution in [2.24, 2.45) is 0 Å². The van der Waals surface area contributed by atoms with Crippen LogP contribution < -0.4 is 13.9 Å². The topological polar surface area (TPSA) is 65.9 Å². The fourth-order valence-electron chi connectivity index (χ4n) is 2.74. The maximum absolute atomic E-state index is 6.63. The third-order valence-electron chi connectivity index (χ3n) is 4.20. The second kappa shape index (κ2) is 10.6. The number of aromatic nitrogens is 2. The van der Waals surface area contributed by atoms with Gasteiger partial charge in [-0.2, -0.15) is 0 Å². The van der Waals surface area contributed by atoms with E-state index in [1.54, 1.807) is 26.4 Å². The molecule has 3 rings (SSSR count). The van der Waals surface area contributed by atoms with Gasteiger partial charge in [-0.15, -0.1) is 6.42 Å². The third kappa shape index (κ3) is 5.10. The summed E-state index contributed by atoms with van der Waals surface area (Å²) in [6, 6.07) is 10.9. The van der Waals surface area contributed by atoms with Gasteiger partial charge in [0.1, 0.15) is 19.5 Å². The summed E-state index contributed by atoms with van der Waals surface area (Å²) in [7, 11) is 3.23. The van der Waals surface area contributed by atoms with Crippen LogP contribution in [0.3, 0.4) is 0 Å². The fourth-order valence-corrected chi connectivity index (χ4v) is 2.98. The van der Waals surface area contributed by atoms with Gasteiger partial charge in [-0.05, 0) is 24.3 Å². The number of rotatable bonds is 10. The van der Waals surface area contributed by atoms with E-state index in [2.05, 4.69) is 15.9 Å². The van der Waals surface area contributed by atoms with Crippen molar-refractivity contribution < 1.29 is 18.9 Å². The smallest absolute Gasteiger partial charge is 0.163 e. The van der Waals surface area contributed by atoms with Crippen LogP contribution >= 0.6 is 11.8 Å². The number of ether oxygens (including phenoxy) is 4. The molecule has 0 amide bonds. The number of hydrogen-bond acceptors (Lipinski definition) is 7. The predicted molar refractivity (Wildman–Crippen MR) is 117 cm³/mol. The van der Waals surface area contributed by atoms with Crippen molar-refractivity contribution in [2.75, 3.05) is 45.1 Å².